The fourth-order valence-electron chi connectivity index (χ4n) is 4.06. The van der Waals surface area contributed by atoms with Gasteiger partial charge in [0.15, 0.2) is 0 Å². The second kappa shape index (κ2) is 9.70. The van der Waals surface area contributed by atoms with Crippen molar-refractivity contribution >= 4 is 32.1 Å². The number of fused-ring (bicyclic) bond motifs is 1. The van der Waals surface area contributed by atoms with Gasteiger partial charge in [-0.15, -0.1) is 0 Å². The van der Waals surface area contributed by atoms with E-state index in [1.165, 1.54) is 10.6 Å². The summed E-state index contributed by atoms with van der Waals surface area (Å²) in [6.07, 6.45) is -1.94. The van der Waals surface area contributed by atoms with E-state index < -0.39 is 22.6 Å². The van der Waals surface area contributed by atoms with Crippen molar-refractivity contribution in [1.29, 1.82) is 0 Å². The van der Waals surface area contributed by atoms with E-state index in [0.29, 0.717) is 35.1 Å². The Morgan fingerprint density at radius 2 is 1.89 bits per heavy atom. The number of halogens is 3. The van der Waals surface area contributed by atoms with E-state index in [-0.39, 0.29) is 35.3 Å². The summed E-state index contributed by atoms with van der Waals surface area (Å²) in [5.74, 6) is 5.84. The van der Waals surface area contributed by atoms with Crippen LogP contribution in [-0.4, -0.2) is 47.8 Å². The average Bonchev–Trinajstić information content (AvgIpc) is 3.12. The molecule has 0 unspecified atom stereocenters. The van der Waals surface area contributed by atoms with Crippen molar-refractivity contribution in [3.05, 3.63) is 58.6 Å². The molecule has 1 saturated heterocycles. The number of anilines is 2. The molecule has 11 heteroatoms. The summed E-state index contributed by atoms with van der Waals surface area (Å²) in [4.78, 5) is 11.7. The number of nitrogens with zero attached hydrogens (tertiary/aromatic N) is 2. The minimum absolute atomic E-state index is 0.0765. The summed E-state index contributed by atoms with van der Waals surface area (Å²) in [6.45, 7) is -1.05. The Bertz CT molecular complexity index is 1450. The Hall–Kier alpha value is -3.39. The fraction of sp³-hybridized carbons (Fsp3) is 0.375. The highest BCUT2D eigenvalue weighted by atomic mass is 32.2. The molecular formula is C24H25F3N4O3S. The number of aryl methyl sites for hydroxylation is 1. The number of sulfone groups is 1. The number of aromatic nitrogens is 2. The lowest BCUT2D eigenvalue weighted by Gasteiger charge is -2.24. The highest BCUT2D eigenvalue weighted by Crippen LogP contribution is 2.31. The molecule has 0 saturated carbocycles. The number of hydrogen-bond donors (Lipinski definition) is 2. The standard InChI is InChI=1S/C24H25F3N4O3S/c1-30-11-7-18(14-23(30)32)28-10-3-4-19-15-20-21(29-17-8-12-35(33,34)13-9-17)5-2-6-22(20)31(19)16-24(25,26)27/h2,5-7,11,14-15,17,28-29H,8-10,12-13,16H2,1H3. The van der Waals surface area contributed by atoms with Crippen molar-refractivity contribution in [1.82, 2.24) is 9.13 Å². The summed E-state index contributed by atoms with van der Waals surface area (Å²) < 4.78 is 66.1. The van der Waals surface area contributed by atoms with Gasteiger partial charge in [-0.1, -0.05) is 12.0 Å². The van der Waals surface area contributed by atoms with Crippen molar-refractivity contribution in [2.24, 2.45) is 7.05 Å². The molecule has 186 valence electrons. The van der Waals surface area contributed by atoms with Crippen LogP contribution in [0.15, 0.2) is 47.4 Å². The van der Waals surface area contributed by atoms with Gasteiger partial charge >= 0.3 is 6.18 Å². The third kappa shape index (κ3) is 6.19. The molecule has 0 atom stereocenters. The van der Waals surface area contributed by atoms with Gasteiger partial charge in [-0.25, -0.2) is 8.42 Å². The lowest BCUT2D eigenvalue weighted by atomic mass is 10.1. The molecule has 4 rings (SSSR count). The lowest BCUT2D eigenvalue weighted by Crippen LogP contribution is -2.32. The van der Waals surface area contributed by atoms with Crippen molar-refractivity contribution in [3.63, 3.8) is 0 Å². The Labute approximate surface area is 200 Å². The third-order valence-corrected chi connectivity index (χ3v) is 7.61. The van der Waals surface area contributed by atoms with E-state index >= 15 is 0 Å². The molecule has 0 aliphatic carbocycles. The van der Waals surface area contributed by atoms with Gasteiger partial charge < -0.3 is 19.8 Å². The first-order valence-corrected chi connectivity index (χ1v) is 12.9. The maximum absolute atomic E-state index is 13.4. The van der Waals surface area contributed by atoms with Gasteiger partial charge in [-0.3, -0.25) is 4.79 Å². The minimum atomic E-state index is -4.44. The smallest absolute Gasteiger partial charge is 0.382 e. The van der Waals surface area contributed by atoms with Crippen molar-refractivity contribution < 1.29 is 21.6 Å². The molecule has 2 aromatic heterocycles. The third-order valence-electron chi connectivity index (χ3n) is 5.90. The minimum Gasteiger partial charge on any atom is -0.382 e. The van der Waals surface area contributed by atoms with Gasteiger partial charge in [0.25, 0.3) is 5.56 Å². The predicted octanol–water partition coefficient (Wildman–Crippen LogP) is 3.36. The van der Waals surface area contributed by atoms with Crippen LogP contribution < -0.4 is 16.2 Å². The molecule has 3 aromatic rings. The zero-order valence-corrected chi connectivity index (χ0v) is 19.8. The summed E-state index contributed by atoms with van der Waals surface area (Å²) in [5.41, 5.74) is 1.63. The second-order valence-corrected chi connectivity index (χ2v) is 10.9. The van der Waals surface area contributed by atoms with Crippen LogP contribution in [0.4, 0.5) is 24.5 Å². The maximum Gasteiger partial charge on any atom is 0.406 e. The zero-order chi connectivity index (χ0) is 25.2. The molecule has 1 aromatic carbocycles. The van der Waals surface area contributed by atoms with Crippen LogP contribution in [0.2, 0.25) is 0 Å². The van der Waals surface area contributed by atoms with Crippen LogP contribution in [0.1, 0.15) is 18.5 Å². The van der Waals surface area contributed by atoms with Crippen molar-refractivity contribution in [3.8, 4) is 11.8 Å². The van der Waals surface area contributed by atoms with Crippen LogP contribution in [-0.2, 0) is 23.4 Å². The first-order valence-electron chi connectivity index (χ1n) is 11.1. The van der Waals surface area contributed by atoms with Crippen LogP contribution in [0, 0.1) is 11.8 Å². The van der Waals surface area contributed by atoms with E-state index in [1.807, 2.05) is 0 Å². The summed E-state index contributed by atoms with van der Waals surface area (Å²) in [5, 5.41) is 6.88. The number of rotatable bonds is 5. The molecule has 0 spiro atoms. The number of alkyl halides is 3. The summed E-state index contributed by atoms with van der Waals surface area (Å²) >= 11 is 0. The van der Waals surface area contributed by atoms with Gasteiger partial charge in [-0.2, -0.15) is 13.2 Å². The molecule has 3 heterocycles. The highest BCUT2D eigenvalue weighted by molar-refractivity contribution is 7.91. The second-order valence-electron chi connectivity index (χ2n) is 8.56. The lowest BCUT2D eigenvalue weighted by molar-refractivity contribution is -0.140. The van der Waals surface area contributed by atoms with E-state index in [1.54, 1.807) is 43.6 Å². The maximum atomic E-state index is 13.4. The Morgan fingerprint density at radius 1 is 1.14 bits per heavy atom. The number of pyridine rings is 1. The quantitative estimate of drug-likeness (QED) is 0.519. The predicted molar refractivity (Wildman–Crippen MR) is 130 cm³/mol. The first-order chi connectivity index (χ1) is 16.5. The monoisotopic (exact) mass is 506 g/mol. The topological polar surface area (TPSA) is 85.1 Å². The molecule has 1 fully saturated rings. The van der Waals surface area contributed by atoms with E-state index in [2.05, 4.69) is 22.5 Å². The Morgan fingerprint density at radius 3 is 2.57 bits per heavy atom. The van der Waals surface area contributed by atoms with E-state index in [9.17, 15) is 26.4 Å². The van der Waals surface area contributed by atoms with E-state index in [0.717, 1.165) is 4.57 Å². The van der Waals surface area contributed by atoms with Gasteiger partial charge in [0, 0.05) is 42.1 Å². The number of hydrogen-bond acceptors (Lipinski definition) is 5. The van der Waals surface area contributed by atoms with Gasteiger partial charge in [0.05, 0.1) is 29.3 Å². The zero-order valence-electron chi connectivity index (χ0n) is 19.0. The normalized spacial score (nSPS) is 16.0. The SMILES string of the molecule is Cn1ccc(NCC#Cc2cc3c(NC4CCS(=O)(=O)CC4)cccc3n2CC(F)(F)F)cc1=O. The van der Waals surface area contributed by atoms with Crippen LogP contribution in [0.5, 0.6) is 0 Å². The molecule has 0 amide bonds. The summed E-state index contributed by atoms with van der Waals surface area (Å²) in [6, 6.07) is 9.72. The van der Waals surface area contributed by atoms with Gasteiger partial charge in [0.1, 0.15) is 16.4 Å². The molecule has 0 radical (unpaired) electrons. The largest absolute Gasteiger partial charge is 0.406 e. The fourth-order valence-corrected chi connectivity index (χ4v) is 5.55. The number of nitrogens with one attached hydrogen (secondary N) is 2. The van der Waals surface area contributed by atoms with Crippen LogP contribution in [0.25, 0.3) is 10.9 Å². The molecule has 2 N–H and O–H groups in total. The highest BCUT2D eigenvalue weighted by Gasteiger charge is 2.30. The molecule has 35 heavy (non-hydrogen) atoms. The van der Waals surface area contributed by atoms with Crippen molar-refractivity contribution in [2.75, 3.05) is 28.7 Å². The average molecular weight is 507 g/mol. The first kappa shape index (κ1) is 24.7. The molecule has 0 bridgehead atoms. The Balaban J connectivity index is 1.60. The van der Waals surface area contributed by atoms with Crippen LogP contribution in [0.3, 0.4) is 0 Å². The Kier molecular flexibility index (Phi) is 6.85. The molecular weight excluding hydrogens is 481 g/mol. The molecule has 7 nitrogen and oxygen atoms in total. The number of benzene rings is 1. The van der Waals surface area contributed by atoms with Crippen molar-refractivity contribution in [2.45, 2.75) is 31.6 Å². The van der Waals surface area contributed by atoms with Crippen LogP contribution >= 0.6 is 0 Å². The molecule has 1 aliphatic heterocycles. The summed E-state index contributed by atoms with van der Waals surface area (Å²) in [7, 11) is -1.39. The molecule has 1 aliphatic rings. The van der Waals surface area contributed by atoms with Gasteiger partial charge in [-0.05, 0) is 43.0 Å². The van der Waals surface area contributed by atoms with Gasteiger partial charge in [0.2, 0.25) is 0 Å². The van der Waals surface area contributed by atoms with E-state index in [4.69, 9.17) is 0 Å².